The highest BCUT2D eigenvalue weighted by Gasteiger charge is 2.54. The van der Waals surface area contributed by atoms with Gasteiger partial charge in [0.2, 0.25) is 0 Å². The Labute approximate surface area is 171 Å². The summed E-state index contributed by atoms with van der Waals surface area (Å²) in [6.07, 6.45) is 7.76. The lowest BCUT2D eigenvalue weighted by Gasteiger charge is -2.53. The topological polar surface area (TPSA) is 79.1 Å². The van der Waals surface area contributed by atoms with Crippen molar-refractivity contribution >= 4 is 11.6 Å². The maximum atomic E-state index is 12.9. The van der Waals surface area contributed by atoms with Gasteiger partial charge in [-0.15, -0.1) is 0 Å². The van der Waals surface area contributed by atoms with E-state index in [-0.39, 0.29) is 5.91 Å². The first-order chi connectivity index (χ1) is 14.0. The van der Waals surface area contributed by atoms with Crippen LogP contribution in [0.2, 0.25) is 0 Å². The Kier molecular flexibility index (Phi) is 4.64. The van der Waals surface area contributed by atoms with Crippen molar-refractivity contribution in [2.45, 2.75) is 56.3 Å². The molecule has 1 spiro atoms. The first-order valence-electron chi connectivity index (χ1n) is 10.8. The van der Waals surface area contributed by atoms with Crippen LogP contribution in [-0.4, -0.2) is 68.8 Å². The fourth-order valence-electron chi connectivity index (χ4n) is 4.96. The lowest BCUT2D eigenvalue weighted by Crippen LogP contribution is -2.69. The average Bonchev–Trinajstić information content (AvgIpc) is 3.42. The van der Waals surface area contributed by atoms with Crippen molar-refractivity contribution in [3.63, 3.8) is 0 Å². The lowest BCUT2D eigenvalue weighted by molar-refractivity contribution is -0.205. The maximum Gasteiger partial charge on any atom is 0.272 e. The Hall–Kier alpha value is -1.96. The molecule has 3 fully saturated rings. The van der Waals surface area contributed by atoms with E-state index in [2.05, 4.69) is 15.2 Å². The summed E-state index contributed by atoms with van der Waals surface area (Å²) in [5.41, 5.74) is -0.206. The molecule has 3 aliphatic rings. The summed E-state index contributed by atoms with van der Waals surface area (Å²) in [6.45, 7) is 5.55. The minimum Gasteiger partial charge on any atom is -0.388 e. The fraction of sp³-hybridized carbons (Fsp3) is 0.636. The number of rotatable bonds is 4. The van der Waals surface area contributed by atoms with E-state index in [0.717, 1.165) is 37.5 Å². The second kappa shape index (κ2) is 7.07. The van der Waals surface area contributed by atoms with E-state index in [1.165, 1.54) is 19.4 Å². The number of hydrogen-bond donors (Lipinski definition) is 2. The molecule has 2 aliphatic heterocycles. The second-order valence-electron chi connectivity index (χ2n) is 9.27. The Morgan fingerprint density at radius 1 is 1.31 bits per heavy atom. The number of aliphatic hydroxyl groups is 1. The van der Waals surface area contributed by atoms with Crippen LogP contribution in [0.3, 0.4) is 0 Å². The summed E-state index contributed by atoms with van der Waals surface area (Å²) in [4.78, 5) is 19.9. The summed E-state index contributed by atoms with van der Waals surface area (Å²) in [7, 11) is 0. The molecule has 4 heterocycles. The second-order valence-corrected chi connectivity index (χ2v) is 9.27. The standard InChI is InChI=1S/C22H30N4O3/c1-21(24-19(27)17-15-26-10-3-2-4-18(26)23-17)9-13-29-22(20(21)28)7-11-25(12-8-22)14-16-5-6-16/h2-4,10,15-16,20,28H,5-9,11-14H2,1H3,(H,24,27)/t20-,21+/m1/s1. The highest BCUT2D eigenvalue weighted by atomic mass is 16.5. The van der Waals surface area contributed by atoms with Crippen molar-refractivity contribution < 1.29 is 14.6 Å². The largest absolute Gasteiger partial charge is 0.388 e. The molecular formula is C22H30N4O3. The molecule has 0 unspecified atom stereocenters. The predicted octanol–water partition coefficient (Wildman–Crippen LogP) is 1.85. The minimum absolute atomic E-state index is 0.251. The number of amides is 1. The molecule has 1 saturated carbocycles. The van der Waals surface area contributed by atoms with Crippen molar-refractivity contribution in [2.75, 3.05) is 26.2 Å². The van der Waals surface area contributed by atoms with E-state index in [4.69, 9.17) is 4.74 Å². The zero-order valence-electron chi connectivity index (χ0n) is 17.0. The smallest absolute Gasteiger partial charge is 0.272 e. The Balaban J connectivity index is 1.29. The molecular weight excluding hydrogens is 368 g/mol. The molecule has 2 aromatic heterocycles. The predicted molar refractivity (Wildman–Crippen MR) is 109 cm³/mol. The van der Waals surface area contributed by atoms with Crippen LogP contribution in [0.4, 0.5) is 0 Å². The molecule has 1 amide bonds. The van der Waals surface area contributed by atoms with Gasteiger partial charge in [0, 0.05) is 38.6 Å². The fourth-order valence-corrected chi connectivity index (χ4v) is 4.96. The van der Waals surface area contributed by atoms with Gasteiger partial charge < -0.3 is 24.5 Å². The third-order valence-corrected chi connectivity index (χ3v) is 7.02. The van der Waals surface area contributed by atoms with Gasteiger partial charge in [-0.3, -0.25) is 4.79 Å². The van der Waals surface area contributed by atoms with Crippen molar-refractivity contribution in [1.82, 2.24) is 19.6 Å². The summed E-state index contributed by atoms with van der Waals surface area (Å²) in [5, 5.41) is 14.4. The Bertz CT molecular complexity index is 867. The summed E-state index contributed by atoms with van der Waals surface area (Å²) in [6, 6.07) is 5.67. The van der Waals surface area contributed by atoms with Crippen molar-refractivity contribution in [3.8, 4) is 0 Å². The number of piperidine rings is 1. The third kappa shape index (κ3) is 3.56. The molecule has 156 valence electrons. The van der Waals surface area contributed by atoms with Gasteiger partial charge in [0.1, 0.15) is 17.4 Å². The Morgan fingerprint density at radius 2 is 2.10 bits per heavy atom. The first-order valence-corrected chi connectivity index (χ1v) is 10.8. The number of aromatic nitrogens is 2. The number of nitrogens with one attached hydrogen (secondary N) is 1. The van der Waals surface area contributed by atoms with Crippen LogP contribution in [0.5, 0.6) is 0 Å². The molecule has 0 aromatic carbocycles. The molecule has 5 rings (SSSR count). The highest BCUT2D eigenvalue weighted by molar-refractivity contribution is 5.93. The molecule has 2 N–H and O–H groups in total. The number of aliphatic hydroxyl groups excluding tert-OH is 1. The van der Waals surface area contributed by atoms with Gasteiger partial charge in [-0.2, -0.15) is 0 Å². The zero-order valence-corrected chi connectivity index (χ0v) is 17.0. The van der Waals surface area contributed by atoms with Gasteiger partial charge in [-0.05, 0) is 57.1 Å². The molecule has 7 heteroatoms. The van der Waals surface area contributed by atoms with Crippen LogP contribution in [0, 0.1) is 5.92 Å². The van der Waals surface area contributed by atoms with Gasteiger partial charge in [0.25, 0.3) is 5.91 Å². The van der Waals surface area contributed by atoms with Crippen LogP contribution in [-0.2, 0) is 4.74 Å². The van der Waals surface area contributed by atoms with E-state index < -0.39 is 17.2 Å². The number of hydrogen-bond acceptors (Lipinski definition) is 5. The molecule has 1 aliphatic carbocycles. The first kappa shape index (κ1) is 19.0. The van der Waals surface area contributed by atoms with E-state index in [1.54, 1.807) is 6.20 Å². The average molecular weight is 399 g/mol. The van der Waals surface area contributed by atoms with Crippen LogP contribution < -0.4 is 5.32 Å². The minimum atomic E-state index is -0.743. The molecule has 29 heavy (non-hydrogen) atoms. The molecule has 2 saturated heterocycles. The molecule has 0 radical (unpaired) electrons. The summed E-state index contributed by atoms with van der Waals surface area (Å²) in [5.74, 6) is 0.620. The summed E-state index contributed by atoms with van der Waals surface area (Å²) < 4.78 is 8.00. The van der Waals surface area contributed by atoms with Crippen LogP contribution in [0.25, 0.3) is 5.65 Å². The molecule has 0 bridgehead atoms. The molecule has 2 aromatic rings. The molecule has 2 atom stereocenters. The number of fused-ring (bicyclic) bond motifs is 1. The van der Waals surface area contributed by atoms with Crippen LogP contribution in [0.15, 0.2) is 30.6 Å². The van der Waals surface area contributed by atoms with E-state index in [1.807, 2.05) is 35.7 Å². The van der Waals surface area contributed by atoms with E-state index >= 15 is 0 Å². The van der Waals surface area contributed by atoms with Crippen LogP contribution in [0.1, 0.15) is 49.5 Å². The zero-order chi connectivity index (χ0) is 20.1. The normalized spacial score (nSPS) is 29.9. The lowest BCUT2D eigenvalue weighted by atomic mass is 9.73. The number of ether oxygens (including phenoxy) is 1. The highest BCUT2D eigenvalue weighted by Crippen LogP contribution is 2.41. The van der Waals surface area contributed by atoms with Gasteiger partial charge in [0.15, 0.2) is 0 Å². The number of nitrogens with zero attached hydrogens (tertiary/aromatic N) is 3. The SMILES string of the molecule is C[C@]1(NC(=O)c2cn3ccccc3n2)CCOC2(CCN(CC3CC3)CC2)[C@@H]1O. The number of likely N-dealkylation sites (tertiary alicyclic amines) is 1. The van der Waals surface area contributed by atoms with Crippen LogP contribution >= 0.6 is 0 Å². The quantitative estimate of drug-likeness (QED) is 0.822. The Morgan fingerprint density at radius 3 is 2.83 bits per heavy atom. The van der Waals surface area contributed by atoms with Crippen molar-refractivity contribution in [2.24, 2.45) is 5.92 Å². The van der Waals surface area contributed by atoms with Gasteiger partial charge in [-0.1, -0.05) is 6.07 Å². The number of carbonyl (C=O) groups excluding carboxylic acids is 1. The van der Waals surface area contributed by atoms with Gasteiger partial charge >= 0.3 is 0 Å². The monoisotopic (exact) mass is 398 g/mol. The molecule has 7 nitrogen and oxygen atoms in total. The van der Waals surface area contributed by atoms with Gasteiger partial charge in [-0.25, -0.2) is 4.98 Å². The third-order valence-electron chi connectivity index (χ3n) is 7.02. The van der Waals surface area contributed by atoms with Crippen molar-refractivity contribution in [3.05, 3.63) is 36.3 Å². The van der Waals surface area contributed by atoms with E-state index in [9.17, 15) is 9.90 Å². The maximum absolute atomic E-state index is 12.9. The van der Waals surface area contributed by atoms with Gasteiger partial charge in [0.05, 0.1) is 11.1 Å². The van der Waals surface area contributed by atoms with Crippen molar-refractivity contribution in [1.29, 1.82) is 0 Å². The van der Waals surface area contributed by atoms with E-state index in [0.29, 0.717) is 18.7 Å². The number of imidazole rings is 1. The summed E-state index contributed by atoms with van der Waals surface area (Å²) >= 11 is 0. The number of carbonyl (C=O) groups is 1. The number of pyridine rings is 1.